The Bertz CT molecular complexity index is 507. The van der Waals surface area contributed by atoms with Crippen molar-refractivity contribution in [2.45, 2.75) is 84.2 Å². The van der Waals surface area contributed by atoms with Crippen LogP contribution in [-0.2, 0) is 19.1 Å². The van der Waals surface area contributed by atoms with Crippen molar-refractivity contribution in [3.8, 4) is 0 Å². The molecule has 148 valence electrons. The molecule has 1 fully saturated rings. The third kappa shape index (κ3) is 8.26. The highest BCUT2D eigenvalue weighted by atomic mass is 16.5. The van der Waals surface area contributed by atoms with Crippen LogP contribution in [0.2, 0.25) is 0 Å². The summed E-state index contributed by atoms with van der Waals surface area (Å²) in [6, 6.07) is 0. The molecule has 0 saturated heterocycles. The molecule has 0 radical (unpaired) electrons. The van der Waals surface area contributed by atoms with E-state index in [-0.39, 0.29) is 17.9 Å². The van der Waals surface area contributed by atoms with Gasteiger partial charge >= 0.3 is 5.97 Å². The molecular formula is C21H34O5. The van der Waals surface area contributed by atoms with Crippen molar-refractivity contribution >= 4 is 17.5 Å². The SMILES string of the molecule is CCCOC(C)(C)CC=C[C@H]1CCC(=O)[C@@H]1CCCCCC(=O)C(=O)O. The van der Waals surface area contributed by atoms with Gasteiger partial charge in [-0.25, -0.2) is 4.79 Å². The first kappa shape index (κ1) is 22.6. The molecule has 1 aliphatic carbocycles. The quantitative estimate of drug-likeness (QED) is 0.298. The minimum absolute atomic E-state index is 0.0705. The highest BCUT2D eigenvalue weighted by Crippen LogP contribution is 2.34. The Balaban J connectivity index is 2.37. The molecule has 0 aromatic rings. The van der Waals surface area contributed by atoms with Crippen molar-refractivity contribution in [3.63, 3.8) is 0 Å². The lowest BCUT2D eigenvalue weighted by atomic mass is 9.89. The Morgan fingerprint density at radius 1 is 1.27 bits per heavy atom. The van der Waals surface area contributed by atoms with Crippen molar-refractivity contribution in [3.05, 3.63) is 12.2 Å². The van der Waals surface area contributed by atoms with Crippen LogP contribution in [0.5, 0.6) is 0 Å². The normalized spacial score (nSPS) is 20.8. The summed E-state index contributed by atoms with van der Waals surface area (Å²) >= 11 is 0. The molecule has 0 aromatic heterocycles. The van der Waals surface area contributed by atoms with Gasteiger partial charge in [0, 0.05) is 25.4 Å². The number of carbonyl (C=O) groups is 3. The molecule has 0 heterocycles. The molecule has 26 heavy (non-hydrogen) atoms. The molecule has 5 nitrogen and oxygen atoms in total. The van der Waals surface area contributed by atoms with Gasteiger partial charge in [0.25, 0.3) is 0 Å². The number of hydrogen-bond donors (Lipinski definition) is 1. The number of carbonyl (C=O) groups excluding carboxylic acids is 2. The van der Waals surface area contributed by atoms with Crippen LogP contribution in [0, 0.1) is 11.8 Å². The molecule has 0 bridgehead atoms. The third-order valence-corrected chi connectivity index (χ3v) is 5.00. The molecule has 0 spiro atoms. The number of rotatable bonds is 13. The molecular weight excluding hydrogens is 332 g/mol. The second kappa shape index (κ2) is 11.3. The Morgan fingerprint density at radius 3 is 2.65 bits per heavy atom. The zero-order chi connectivity index (χ0) is 19.6. The van der Waals surface area contributed by atoms with Crippen LogP contribution in [0.4, 0.5) is 0 Å². The summed E-state index contributed by atoms with van der Waals surface area (Å²) in [7, 11) is 0. The number of ketones is 2. The first-order chi connectivity index (χ1) is 12.3. The maximum absolute atomic E-state index is 12.2. The molecule has 2 atom stereocenters. The zero-order valence-corrected chi connectivity index (χ0v) is 16.5. The van der Waals surface area contributed by atoms with Gasteiger partial charge in [0.05, 0.1) is 5.60 Å². The predicted octanol–water partition coefficient (Wildman–Crippen LogP) is 4.34. The van der Waals surface area contributed by atoms with Gasteiger partial charge in [0.2, 0.25) is 5.78 Å². The van der Waals surface area contributed by atoms with Crippen molar-refractivity contribution in [2.75, 3.05) is 6.61 Å². The van der Waals surface area contributed by atoms with Crippen molar-refractivity contribution in [2.24, 2.45) is 11.8 Å². The second-order valence-electron chi connectivity index (χ2n) is 7.84. The molecule has 1 rings (SSSR count). The molecule has 0 amide bonds. The lowest BCUT2D eigenvalue weighted by Crippen LogP contribution is -2.24. The Hall–Kier alpha value is -1.49. The average molecular weight is 366 g/mol. The molecule has 1 saturated carbocycles. The molecule has 5 heteroatoms. The number of hydrogen-bond acceptors (Lipinski definition) is 4. The maximum Gasteiger partial charge on any atom is 0.372 e. The fourth-order valence-electron chi connectivity index (χ4n) is 3.44. The van der Waals surface area contributed by atoms with Gasteiger partial charge in [-0.05, 0) is 51.9 Å². The summed E-state index contributed by atoms with van der Waals surface area (Å²) in [5.74, 6) is -1.38. The third-order valence-electron chi connectivity index (χ3n) is 5.00. The van der Waals surface area contributed by atoms with Crippen LogP contribution in [0.15, 0.2) is 12.2 Å². The first-order valence-electron chi connectivity index (χ1n) is 9.86. The number of unbranched alkanes of at least 4 members (excludes halogenated alkanes) is 2. The van der Waals surface area contributed by atoms with Crippen molar-refractivity contribution < 1.29 is 24.2 Å². The van der Waals surface area contributed by atoms with Crippen LogP contribution in [0.25, 0.3) is 0 Å². The Kier molecular flexibility index (Phi) is 9.78. The highest BCUT2D eigenvalue weighted by molar-refractivity contribution is 6.32. The monoisotopic (exact) mass is 366 g/mol. The van der Waals surface area contributed by atoms with Gasteiger partial charge in [0.15, 0.2) is 0 Å². The fraction of sp³-hybridized carbons (Fsp3) is 0.762. The number of carboxylic acids is 1. The predicted molar refractivity (Wildman–Crippen MR) is 101 cm³/mol. The number of aliphatic carboxylic acids is 1. The van der Waals surface area contributed by atoms with Crippen LogP contribution >= 0.6 is 0 Å². The van der Waals surface area contributed by atoms with E-state index in [0.29, 0.717) is 24.5 Å². The lowest BCUT2D eigenvalue weighted by Gasteiger charge is -2.24. The summed E-state index contributed by atoms with van der Waals surface area (Å²) in [6.07, 6.45) is 10.9. The van der Waals surface area contributed by atoms with Crippen LogP contribution < -0.4 is 0 Å². The maximum atomic E-state index is 12.2. The number of carboxylic acid groups (broad SMARTS) is 1. The summed E-state index contributed by atoms with van der Waals surface area (Å²) in [5.41, 5.74) is -0.179. The summed E-state index contributed by atoms with van der Waals surface area (Å²) < 4.78 is 5.83. The van der Waals surface area contributed by atoms with Gasteiger partial charge in [-0.15, -0.1) is 0 Å². The van der Waals surface area contributed by atoms with Gasteiger partial charge in [-0.3, -0.25) is 9.59 Å². The van der Waals surface area contributed by atoms with E-state index in [1.54, 1.807) is 0 Å². The van der Waals surface area contributed by atoms with Crippen LogP contribution in [0.1, 0.15) is 78.6 Å². The van der Waals surface area contributed by atoms with E-state index >= 15 is 0 Å². The Labute approximate surface area is 157 Å². The standard InChI is InChI=1S/C21H34O5/c1-4-15-26-21(2,3)14-8-9-16-12-13-18(22)17(16)10-6-5-7-11-19(23)20(24)25/h8-9,16-17H,4-7,10-15H2,1-3H3,(H,24,25)/t16-,17+/m0/s1. The van der Waals surface area contributed by atoms with Crippen molar-refractivity contribution in [1.29, 1.82) is 0 Å². The zero-order valence-electron chi connectivity index (χ0n) is 16.5. The number of Topliss-reactive ketones (excluding diaryl/α,β-unsaturated/α-hetero) is 2. The van der Waals surface area contributed by atoms with E-state index in [4.69, 9.17) is 9.84 Å². The number of ether oxygens (including phenoxy) is 1. The smallest absolute Gasteiger partial charge is 0.372 e. The van der Waals surface area contributed by atoms with Gasteiger partial charge < -0.3 is 9.84 Å². The lowest BCUT2D eigenvalue weighted by molar-refractivity contribution is -0.149. The van der Waals surface area contributed by atoms with E-state index in [1.165, 1.54) is 0 Å². The molecule has 1 aliphatic rings. The molecule has 0 aromatic carbocycles. The van der Waals surface area contributed by atoms with Crippen LogP contribution in [0.3, 0.4) is 0 Å². The van der Waals surface area contributed by atoms with E-state index in [0.717, 1.165) is 45.1 Å². The molecule has 0 unspecified atom stereocenters. The minimum atomic E-state index is -1.35. The average Bonchev–Trinajstić information content (AvgIpc) is 2.92. The van der Waals surface area contributed by atoms with Crippen LogP contribution in [-0.4, -0.2) is 34.9 Å². The minimum Gasteiger partial charge on any atom is -0.476 e. The van der Waals surface area contributed by atoms with E-state index in [9.17, 15) is 14.4 Å². The fourth-order valence-corrected chi connectivity index (χ4v) is 3.44. The molecule has 0 aliphatic heterocycles. The largest absolute Gasteiger partial charge is 0.476 e. The van der Waals surface area contributed by atoms with Gasteiger partial charge in [0.1, 0.15) is 5.78 Å². The van der Waals surface area contributed by atoms with E-state index in [2.05, 4.69) is 32.9 Å². The highest BCUT2D eigenvalue weighted by Gasteiger charge is 2.32. The number of allylic oxidation sites excluding steroid dienone is 1. The summed E-state index contributed by atoms with van der Waals surface area (Å²) in [6.45, 7) is 7.03. The summed E-state index contributed by atoms with van der Waals surface area (Å²) in [4.78, 5) is 33.7. The van der Waals surface area contributed by atoms with Gasteiger partial charge in [-0.1, -0.05) is 31.9 Å². The van der Waals surface area contributed by atoms with Gasteiger partial charge in [-0.2, -0.15) is 0 Å². The van der Waals surface area contributed by atoms with Crippen molar-refractivity contribution in [1.82, 2.24) is 0 Å². The first-order valence-corrected chi connectivity index (χ1v) is 9.86. The topological polar surface area (TPSA) is 80.7 Å². The molecule has 1 N–H and O–H groups in total. The second-order valence-corrected chi connectivity index (χ2v) is 7.84. The van der Waals surface area contributed by atoms with E-state index in [1.807, 2.05) is 0 Å². The summed E-state index contributed by atoms with van der Waals surface area (Å²) in [5, 5.41) is 8.56. The van der Waals surface area contributed by atoms with E-state index < -0.39 is 11.8 Å². The Morgan fingerprint density at radius 2 is 2.00 bits per heavy atom.